The van der Waals surface area contributed by atoms with Crippen molar-refractivity contribution in [2.75, 3.05) is 13.2 Å². The molecular formula is C62H117NO5. The van der Waals surface area contributed by atoms with Crippen LogP contribution in [0.4, 0.5) is 0 Å². The first-order valence-corrected chi connectivity index (χ1v) is 30.3. The standard InChI is InChI=1S/C62H117NO5/c1-3-5-7-9-11-13-15-17-19-21-22-23-24-26-27-30-34-38-42-46-50-54-60(65)59(58-64)63-61(66)55-51-47-43-39-35-31-29-33-37-41-45-49-53-57-68-62(67)56-52-48-44-40-36-32-28-25-20-18-16-14-12-10-8-6-4-2/h12,14,18,20,50,54,59-60,64-65H,3-11,13,15-17,19,21-49,51-53,55-58H2,1-2H3,(H,63,66)/b14-12-,20-18-,54-50+. The van der Waals surface area contributed by atoms with Crippen molar-refractivity contribution in [1.29, 1.82) is 0 Å². The number of ether oxygens (including phenoxy) is 1. The lowest BCUT2D eigenvalue weighted by Gasteiger charge is -2.20. The van der Waals surface area contributed by atoms with Crippen LogP contribution in [0.5, 0.6) is 0 Å². The van der Waals surface area contributed by atoms with Gasteiger partial charge in [0.25, 0.3) is 0 Å². The average Bonchev–Trinajstić information content (AvgIpc) is 3.34. The molecule has 0 aliphatic heterocycles. The molecule has 0 aromatic carbocycles. The van der Waals surface area contributed by atoms with Gasteiger partial charge in [-0.05, 0) is 64.2 Å². The van der Waals surface area contributed by atoms with Gasteiger partial charge in [0, 0.05) is 12.8 Å². The molecule has 0 bridgehead atoms. The van der Waals surface area contributed by atoms with Gasteiger partial charge in [-0.15, -0.1) is 0 Å². The smallest absolute Gasteiger partial charge is 0.305 e. The van der Waals surface area contributed by atoms with E-state index in [1.165, 1.54) is 231 Å². The number of carbonyl (C=O) groups is 2. The highest BCUT2D eigenvalue weighted by Crippen LogP contribution is 2.17. The zero-order valence-electron chi connectivity index (χ0n) is 45.6. The minimum Gasteiger partial charge on any atom is -0.466 e. The molecule has 0 saturated heterocycles. The largest absolute Gasteiger partial charge is 0.466 e. The van der Waals surface area contributed by atoms with E-state index in [0.29, 0.717) is 19.4 Å². The molecule has 2 atom stereocenters. The summed E-state index contributed by atoms with van der Waals surface area (Å²) in [5, 5.41) is 23.2. The second-order valence-corrected chi connectivity index (χ2v) is 20.7. The summed E-state index contributed by atoms with van der Waals surface area (Å²) in [7, 11) is 0. The fraction of sp³-hybridized carbons (Fsp3) is 0.871. The number of allylic oxidation sites excluding steroid dienone is 5. The molecule has 1 amide bonds. The molecule has 0 aromatic rings. The molecule has 0 saturated carbocycles. The molecule has 0 aliphatic rings. The number of nitrogens with one attached hydrogen (secondary N) is 1. The lowest BCUT2D eigenvalue weighted by Crippen LogP contribution is -2.45. The lowest BCUT2D eigenvalue weighted by atomic mass is 10.0. The summed E-state index contributed by atoms with van der Waals surface area (Å²) in [5.74, 6) is -0.0931. The van der Waals surface area contributed by atoms with E-state index in [1.54, 1.807) is 6.08 Å². The van der Waals surface area contributed by atoms with Crippen LogP contribution in [0.3, 0.4) is 0 Å². The van der Waals surface area contributed by atoms with E-state index in [-0.39, 0.29) is 18.5 Å². The topological polar surface area (TPSA) is 95.9 Å². The maximum absolute atomic E-state index is 12.5. The van der Waals surface area contributed by atoms with Crippen LogP contribution in [0.1, 0.15) is 322 Å². The molecule has 3 N–H and O–H groups in total. The Morgan fingerprint density at radius 1 is 0.412 bits per heavy atom. The van der Waals surface area contributed by atoms with Crippen molar-refractivity contribution < 1.29 is 24.5 Å². The Labute approximate surface area is 424 Å². The molecule has 400 valence electrons. The first-order chi connectivity index (χ1) is 33.5. The summed E-state index contributed by atoms with van der Waals surface area (Å²) in [6, 6.07) is -0.639. The summed E-state index contributed by atoms with van der Waals surface area (Å²) in [6.07, 6.45) is 71.6. The average molecular weight is 957 g/mol. The van der Waals surface area contributed by atoms with Gasteiger partial charge in [0.1, 0.15) is 0 Å². The van der Waals surface area contributed by atoms with Gasteiger partial charge in [-0.3, -0.25) is 9.59 Å². The number of hydrogen-bond acceptors (Lipinski definition) is 5. The molecule has 68 heavy (non-hydrogen) atoms. The van der Waals surface area contributed by atoms with Gasteiger partial charge >= 0.3 is 5.97 Å². The van der Waals surface area contributed by atoms with Crippen LogP contribution in [-0.4, -0.2) is 47.4 Å². The van der Waals surface area contributed by atoms with Crippen molar-refractivity contribution >= 4 is 11.9 Å². The quantitative estimate of drug-likeness (QED) is 0.0321. The van der Waals surface area contributed by atoms with E-state index in [1.807, 2.05) is 6.08 Å². The number of aliphatic hydroxyl groups excluding tert-OH is 2. The second-order valence-electron chi connectivity index (χ2n) is 20.7. The highest BCUT2D eigenvalue weighted by Gasteiger charge is 2.18. The van der Waals surface area contributed by atoms with Crippen molar-refractivity contribution in [2.24, 2.45) is 0 Å². The normalized spacial score (nSPS) is 12.8. The summed E-state index contributed by atoms with van der Waals surface area (Å²) < 4.78 is 5.48. The SMILES string of the molecule is CCCCC/C=C\C/C=C\CCCCCCCCCC(=O)OCCCCCCCCCCCCCCCC(=O)NC(CO)C(O)/C=C/CCCCCCCCCCCCCCCCCCCCC. The minimum absolute atomic E-state index is 0.0142. The Morgan fingerprint density at radius 2 is 0.735 bits per heavy atom. The predicted octanol–water partition coefficient (Wildman–Crippen LogP) is 18.8. The Bertz CT molecular complexity index is 1100. The second kappa shape index (κ2) is 57.7. The van der Waals surface area contributed by atoms with Crippen LogP contribution >= 0.6 is 0 Å². The first-order valence-electron chi connectivity index (χ1n) is 30.3. The summed E-state index contributed by atoms with van der Waals surface area (Å²) in [4.78, 5) is 24.6. The number of esters is 1. The van der Waals surface area contributed by atoms with Crippen molar-refractivity contribution in [3.63, 3.8) is 0 Å². The Kier molecular flexibility index (Phi) is 56.0. The van der Waals surface area contributed by atoms with E-state index >= 15 is 0 Å². The van der Waals surface area contributed by atoms with Crippen LogP contribution in [0, 0.1) is 0 Å². The van der Waals surface area contributed by atoms with Crippen molar-refractivity contribution in [1.82, 2.24) is 5.32 Å². The van der Waals surface area contributed by atoms with E-state index < -0.39 is 12.1 Å². The number of hydrogen-bond donors (Lipinski definition) is 3. The molecule has 0 aliphatic carbocycles. The van der Waals surface area contributed by atoms with Crippen LogP contribution in [0.15, 0.2) is 36.5 Å². The van der Waals surface area contributed by atoms with Crippen LogP contribution in [0.2, 0.25) is 0 Å². The van der Waals surface area contributed by atoms with E-state index in [0.717, 1.165) is 64.2 Å². The summed E-state index contributed by atoms with van der Waals surface area (Å²) in [6.45, 7) is 4.87. The third kappa shape index (κ3) is 53.4. The molecule has 0 fully saturated rings. The molecule has 6 heteroatoms. The Hall–Kier alpha value is -1.92. The Morgan fingerprint density at radius 3 is 1.15 bits per heavy atom. The Balaban J connectivity index is 3.48. The van der Waals surface area contributed by atoms with Gasteiger partial charge in [-0.25, -0.2) is 0 Å². The van der Waals surface area contributed by atoms with Crippen molar-refractivity contribution in [3.05, 3.63) is 36.5 Å². The molecule has 2 unspecified atom stereocenters. The molecule has 6 nitrogen and oxygen atoms in total. The maximum Gasteiger partial charge on any atom is 0.305 e. The van der Waals surface area contributed by atoms with E-state index in [2.05, 4.69) is 43.5 Å². The number of amides is 1. The summed E-state index contributed by atoms with van der Waals surface area (Å²) >= 11 is 0. The zero-order valence-corrected chi connectivity index (χ0v) is 45.6. The number of rotatable bonds is 56. The highest BCUT2D eigenvalue weighted by atomic mass is 16.5. The van der Waals surface area contributed by atoms with Crippen molar-refractivity contribution in [2.45, 2.75) is 334 Å². The number of unbranched alkanes of at least 4 members (excludes halogenated alkanes) is 41. The fourth-order valence-electron chi connectivity index (χ4n) is 9.25. The van der Waals surface area contributed by atoms with Gasteiger partial charge in [0.05, 0.1) is 25.4 Å². The predicted molar refractivity (Wildman–Crippen MR) is 296 cm³/mol. The van der Waals surface area contributed by atoms with E-state index in [9.17, 15) is 19.8 Å². The van der Waals surface area contributed by atoms with Crippen molar-refractivity contribution in [3.8, 4) is 0 Å². The van der Waals surface area contributed by atoms with Crippen LogP contribution in [0.25, 0.3) is 0 Å². The maximum atomic E-state index is 12.5. The third-order valence-electron chi connectivity index (χ3n) is 13.9. The third-order valence-corrected chi connectivity index (χ3v) is 13.9. The highest BCUT2D eigenvalue weighted by molar-refractivity contribution is 5.76. The lowest BCUT2D eigenvalue weighted by molar-refractivity contribution is -0.143. The molecule has 0 aromatic heterocycles. The molecule has 0 heterocycles. The monoisotopic (exact) mass is 956 g/mol. The van der Waals surface area contributed by atoms with Gasteiger partial charge < -0.3 is 20.3 Å². The summed E-state index contributed by atoms with van der Waals surface area (Å²) in [5.41, 5.74) is 0. The van der Waals surface area contributed by atoms with Gasteiger partial charge in [0.15, 0.2) is 0 Å². The fourth-order valence-corrected chi connectivity index (χ4v) is 9.25. The molecule has 0 radical (unpaired) electrons. The number of aliphatic hydroxyl groups is 2. The molecule has 0 spiro atoms. The molecular weight excluding hydrogens is 839 g/mol. The van der Waals surface area contributed by atoms with Gasteiger partial charge in [-0.1, -0.05) is 281 Å². The van der Waals surface area contributed by atoms with Crippen LogP contribution < -0.4 is 5.32 Å². The molecule has 0 rings (SSSR count). The van der Waals surface area contributed by atoms with Gasteiger partial charge in [0.2, 0.25) is 5.91 Å². The van der Waals surface area contributed by atoms with Crippen LogP contribution in [-0.2, 0) is 14.3 Å². The number of carbonyl (C=O) groups excluding carboxylic acids is 2. The zero-order chi connectivity index (χ0) is 49.3. The van der Waals surface area contributed by atoms with E-state index in [4.69, 9.17) is 4.74 Å². The van der Waals surface area contributed by atoms with Gasteiger partial charge in [-0.2, -0.15) is 0 Å². The minimum atomic E-state index is -0.855. The first kappa shape index (κ1) is 66.1.